The number of carbonyl (C=O) groups is 1. The number of Topliss-reactive ketones (excluding diaryl/α,β-unsaturated/α-hetero) is 1. The highest BCUT2D eigenvalue weighted by atomic mass is 19.4. The number of halogens is 6. The second kappa shape index (κ2) is 10.5. The number of aromatic nitrogens is 4. The summed E-state index contributed by atoms with van der Waals surface area (Å²) in [7, 11) is 0. The summed E-state index contributed by atoms with van der Waals surface area (Å²) < 4.78 is 78.3. The van der Waals surface area contributed by atoms with E-state index in [4.69, 9.17) is 0 Å². The third-order valence-electron chi connectivity index (χ3n) is 5.86. The van der Waals surface area contributed by atoms with Gasteiger partial charge in [0.25, 0.3) is 0 Å². The number of hydrogen-bond donors (Lipinski definition) is 1. The molecule has 2 aromatic rings. The van der Waals surface area contributed by atoms with Crippen molar-refractivity contribution < 1.29 is 31.1 Å². The average Bonchev–Trinajstić information content (AvgIpc) is 3.37. The first-order chi connectivity index (χ1) is 15.5. The zero-order valence-electron chi connectivity index (χ0n) is 17.7. The van der Waals surface area contributed by atoms with E-state index in [2.05, 4.69) is 20.6 Å². The summed E-state index contributed by atoms with van der Waals surface area (Å²) in [5, 5.41) is 13.6. The lowest BCUT2D eigenvalue weighted by Crippen LogP contribution is -2.13. The van der Waals surface area contributed by atoms with Crippen LogP contribution in [0.1, 0.15) is 67.5 Å². The number of tetrazole rings is 1. The van der Waals surface area contributed by atoms with Gasteiger partial charge in [-0.2, -0.15) is 31.6 Å². The third kappa shape index (κ3) is 7.13. The van der Waals surface area contributed by atoms with Crippen LogP contribution in [0.4, 0.5) is 26.3 Å². The Morgan fingerprint density at radius 2 is 1.64 bits per heavy atom. The van der Waals surface area contributed by atoms with E-state index in [9.17, 15) is 31.1 Å². The molecule has 11 heteroatoms. The van der Waals surface area contributed by atoms with Crippen LogP contribution in [0.15, 0.2) is 24.3 Å². The molecule has 1 aromatic heterocycles. The number of aromatic amines is 1. The Morgan fingerprint density at radius 3 is 2.24 bits per heavy atom. The average molecular weight is 474 g/mol. The molecule has 0 saturated heterocycles. The Kier molecular flexibility index (Phi) is 7.91. The minimum atomic E-state index is -4.89. The quantitative estimate of drug-likeness (QED) is 0.355. The van der Waals surface area contributed by atoms with Gasteiger partial charge in [-0.1, -0.05) is 36.6 Å². The predicted molar refractivity (Wildman–Crippen MR) is 108 cm³/mol. The van der Waals surface area contributed by atoms with E-state index in [1.807, 2.05) is 0 Å². The first-order valence-electron chi connectivity index (χ1n) is 10.8. The molecule has 1 aliphatic rings. The van der Waals surface area contributed by atoms with Crippen LogP contribution in [-0.4, -0.2) is 26.4 Å². The lowest BCUT2D eigenvalue weighted by molar-refractivity contribution is -0.143. The predicted octanol–water partition coefficient (Wildman–Crippen LogP) is 6.04. The van der Waals surface area contributed by atoms with Gasteiger partial charge < -0.3 is 0 Å². The van der Waals surface area contributed by atoms with Gasteiger partial charge in [-0.05, 0) is 48.9 Å². The summed E-state index contributed by atoms with van der Waals surface area (Å²) in [6, 6.07) is 1.50. The molecule has 5 nitrogen and oxygen atoms in total. The van der Waals surface area contributed by atoms with Crippen LogP contribution < -0.4 is 0 Å². The Bertz CT molecular complexity index is 921. The van der Waals surface area contributed by atoms with E-state index in [-0.39, 0.29) is 29.2 Å². The van der Waals surface area contributed by atoms with E-state index in [1.165, 1.54) is 6.08 Å². The molecule has 0 aliphatic heterocycles. The van der Waals surface area contributed by atoms with Crippen LogP contribution in [0.3, 0.4) is 0 Å². The number of alkyl halides is 6. The normalized spacial score (nSPS) is 19.6. The number of hydrogen-bond acceptors (Lipinski definition) is 4. The van der Waals surface area contributed by atoms with Crippen molar-refractivity contribution in [3.8, 4) is 0 Å². The standard InChI is InChI=1S/C22H24F6N4O/c23-21(24,25)16-11-14(12-17(13-16)22(26,27)28)7-8-15-9-10-19(33)18(15)5-3-1-2-4-6-20-29-31-32-30-20/h7-8,11-13,15,18H,1-6,9-10H2,(H,29,30,31,32). The Morgan fingerprint density at radius 1 is 0.970 bits per heavy atom. The lowest BCUT2D eigenvalue weighted by atomic mass is 9.89. The van der Waals surface area contributed by atoms with Crippen molar-refractivity contribution in [1.29, 1.82) is 0 Å². The van der Waals surface area contributed by atoms with Gasteiger partial charge in [-0.3, -0.25) is 4.79 Å². The maximum absolute atomic E-state index is 13.1. The summed E-state index contributed by atoms with van der Waals surface area (Å²) in [6.07, 6.45) is -1.12. The molecule has 1 N–H and O–H groups in total. The second-order valence-corrected chi connectivity index (χ2v) is 8.25. The molecule has 1 fully saturated rings. The molecule has 33 heavy (non-hydrogen) atoms. The van der Waals surface area contributed by atoms with E-state index in [0.717, 1.165) is 25.7 Å². The molecule has 1 saturated carbocycles. The molecule has 1 aromatic carbocycles. The number of unbranched alkanes of at least 4 members (excludes halogenated alkanes) is 3. The number of aryl methyl sites for hydroxylation is 1. The Labute approximate surface area is 186 Å². The molecule has 3 rings (SSSR count). The van der Waals surface area contributed by atoms with E-state index in [1.54, 1.807) is 6.08 Å². The maximum atomic E-state index is 13.1. The van der Waals surface area contributed by atoms with Crippen molar-refractivity contribution in [2.75, 3.05) is 0 Å². The first kappa shape index (κ1) is 24.9. The molecule has 0 bridgehead atoms. The zero-order chi connectivity index (χ0) is 24.1. The first-order valence-corrected chi connectivity index (χ1v) is 10.8. The fourth-order valence-corrected chi connectivity index (χ4v) is 4.14. The van der Waals surface area contributed by atoms with Gasteiger partial charge in [0.05, 0.1) is 11.1 Å². The molecule has 1 aliphatic carbocycles. The Balaban J connectivity index is 1.59. The summed E-state index contributed by atoms with van der Waals surface area (Å²) in [5.41, 5.74) is -2.88. The number of rotatable bonds is 9. The minimum Gasteiger partial charge on any atom is -0.299 e. The highest BCUT2D eigenvalue weighted by molar-refractivity contribution is 5.84. The van der Waals surface area contributed by atoms with Crippen molar-refractivity contribution in [2.45, 2.75) is 63.7 Å². The van der Waals surface area contributed by atoms with Gasteiger partial charge in [-0.25, -0.2) is 0 Å². The fourth-order valence-electron chi connectivity index (χ4n) is 4.14. The molecule has 180 valence electrons. The monoisotopic (exact) mass is 474 g/mol. The maximum Gasteiger partial charge on any atom is 0.416 e. The van der Waals surface area contributed by atoms with Gasteiger partial charge in [0.1, 0.15) is 5.78 Å². The van der Waals surface area contributed by atoms with Crippen molar-refractivity contribution in [3.63, 3.8) is 0 Å². The van der Waals surface area contributed by atoms with Crippen LogP contribution in [0.25, 0.3) is 6.08 Å². The smallest absolute Gasteiger partial charge is 0.299 e. The van der Waals surface area contributed by atoms with Gasteiger partial charge >= 0.3 is 12.4 Å². The summed E-state index contributed by atoms with van der Waals surface area (Å²) in [6.45, 7) is 0. The highest BCUT2D eigenvalue weighted by Gasteiger charge is 2.37. The number of nitrogens with zero attached hydrogens (tertiary/aromatic N) is 3. The largest absolute Gasteiger partial charge is 0.416 e. The molecule has 2 atom stereocenters. The number of benzene rings is 1. The fraction of sp³-hybridized carbons (Fsp3) is 0.545. The van der Waals surface area contributed by atoms with Crippen molar-refractivity contribution >= 4 is 11.9 Å². The summed E-state index contributed by atoms with van der Waals surface area (Å²) in [5.74, 6) is 0.290. The van der Waals surface area contributed by atoms with Crippen LogP contribution in [0.5, 0.6) is 0 Å². The topological polar surface area (TPSA) is 71.5 Å². The number of H-pyrrole nitrogens is 1. The van der Waals surface area contributed by atoms with Crippen LogP contribution in [0.2, 0.25) is 0 Å². The van der Waals surface area contributed by atoms with E-state index in [0.29, 0.717) is 43.6 Å². The zero-order valence-corrected chi connectivity index (χ0v) is 17.7. The SMILES string of the molecule is O=C1CCC(C=Cc2cc(C(F)(F)F)cc(C(F)(F)F)c2)C1CCCCCCc1nn[nH]n1. The number of allylic oxidation sites excluding steroid dienone is 1. The van der Waals surface area contributed by atoms with Gasteiger partial charge in [0.15, 0.2) is 5.82 Å². The summed E-state index contributed by atoms with van der Waals surface area (Å²) >= 11 is 0. The van der Waals surface area contributed by atoms with Crippen molar-refractivity contribution in [1.82, 2.24) is 20.6 Å². The summed E-state index contributed by atoms with van der Waals surface area (Å²) in [4.78, 5) is 12.3. The van der Waals surface area contributed by atoms with Crippen molar-refractivity contribution in [3.05, 3.63) is 46.8 Å². The number of ketones is 1. The van der Waals surface area contributed by atoms with E-state index < -0.39 is 23.5 Å². The van der Waals surface area contributed by atoms with Crippen LogP contribution in [-0.2, 0) is 23.6 Å². The van der Waals surface area contributed by atoms with Gasteiger partial charge in [0.2, 0.25) is 0 Å². The molecule has 0 spiro atoms. The third-order valence-corrected chi connectivity index (χ3v) is 5.86. The molecule has 1 heterocycles. The Hall–Kier alpha value is -2.72. The lowest BCUT2D eigenvalue weighted by Gasteiger charge is -2.16. The molecular weight excluding hydrogens is 450 g/mol. The van der Waals surface area contributed by atoms with Crippen LogP contribution >= 0.6 is 0 Å². The second-order valence-electron chi connectivity index (χ2n) is 8.25. The van der Waals surface area contributed by atoms with Crippen molar-refractivity contribution in [2.24, 2.45) is 11.8 Å². The molecule has 0 radical (unpaired) electrons. The highest BCUT2D eigenvalue weighted by Crippen LogP contribution is 2.38. The molecular formula is C22H24F6N4O. The van der Waals surface area contributed by atoms with E-state index >= 15 is 0 Å². The molecule has 0 amide bonds. The molecule has 2 unspecified atom stereocenters. The van der Waals surface area contributed by atoms with Gasteiger partial charge in [-0.15, -0.1) is 10.2 Å². The minimum absolute atomic E-state index is 0.0940. The van der Waals surface area contributed by atoms with Gasteiger partial charge in [0, 0.05) is 18.8 Å². The van der Waals surface area contributed by atoms with Crippen LogP contribution in [0, 0.1) is 11.8 Å². The number of nitrogens with one attached hydrogen (secondary N) is 1. The number of carbonyl (C=O) groups excluding carboxylic acids is 1.